The van der Waals surface area contributed by atoms with Crippen LogP contribution in [0.4, 0.5) is 0 Å². The molecule has 0 atom stereocenters. The maximum absolute atomic E-state index is 10.9. The lowest BCUT2D eigenvalue weighted by atomic mass is 10.0. The van der Waals surface area contributed by atoms with Crippen LogP contribution in [0.3, 0.4) is 0 Å². The van der Waals surface area contributed by atoms with Crippen molar-refractivity contribution in [1.29, 1.82) is 5.26 Å². The molecule has 0 bridgehead atoms. The Morgan fingerprint density at radius 1 is 1.67 bits per heavy atom. The summed E-state index contributed by atoms with van der Waals surface area (Å²) in [5.74, 6) is -0.717. The van der Waals surface area contributed by atoms with Gasteiger partial charge in [0.05, 0.1) is 18.2 Å². The Labute approximate surface area is 91.7 Å². The van der Waals surface area contributed by atoms with Crippen LogP contribution in [0.5, 0.6) is 5.75 Å². The van der Waals surface area contributed by atoms with Gasteiger partial charge in [0.25, 0.3) is 0 Å². The standard InChI is InChI=1S/C10H8ClNO3/c1-15-8-2-6(4-11)9(10(13)14)7(3-8)5-12/h2-3H,4H2,1H3,(H,13,14). The van der Waals surface area contributed by atoms with Crippen molar-refractivity contribution in [3.63, 3.8) is 0 Å². The van der Waals surface area contributed by atoms with E-state index in [1.807, 2.05) is 0 Å². The van der Waals surface area contributed by atoms with Gasteiger partial charge in [-0.3, -0.25) is 0 Å². The summed E-state index contributed by atoms with van der Waals surface area (Å²) in [4.78, 5) is 10.9. The molecule has 0 aliphatic carbocycles. The molecule has 15 heavy (non-hydrogen) atoms. The number of ether oxygens (including phenoxy) is 1. The first-order valence-corrected chi connectivity index (χ1v) is 4.57. The summed E-state index contributed by atoms with van der Waals surface area (Å²) in [5, 5.41) is 17.7. The average molecular weight is 226 g/mol. The van der Waals surface area contributed by atoms with Crippen LogP contribution in [0, 0.1) is 11.3 Å². The number of benzene rings is 1. The van der Waals surface area contributed by atoms with E-state index in [0.717, 1.165) is 0 Å². The summed E-state index contributed by atoms with van der Waals surface area (Å²) >= 11 is 5.61. The fourth-order valence-electron chi connectivity index (χ4n) is 1.24. The molecular weight excluding hydrogens is 218 g/mol. The maximum Gasteiger partial charge on any atom is 0.337 e. The van der Waals surface area contributed by atoms with Gasteiger partial charge < -0.3 is 9.84 Å². The van der Waals surface area contributed by atoms with Crippen molar-refractivity contribution in [1.82, 2.24) is 0 Å². The molecule has 0 aromatic heterocycles. The first-order chi connectivity index (χ1) is 7.13. The van der Waals surface area contributed by atoms with Crippen molar-refractivity contribution in [2.75, 3.05) is 7.11 Å². The second kappa shape index (κ2) is 4.67. The number of aromatic carboxylic acids is 1. The first-order valence-electron chi connectivity index (χ1n) is 4.04. The average Bonchev–Trinajstić information content (AvgIpc) is 2.26. The third-order valence-electron chi connectivity index (χ3n) is 1.91. The number of carboxylic acid groups (broad SMARTS) is 1. The maximum atomic E-state index is 10.9. The lowest BCUT2D eigenvalue weighted by Gasteiger charge is -2.07. The minimum Gasteiger partial charge on any atom is -0.497 e. The summed E-state index contributed by atoms with van der Waals surface area (Å²) in [6, 6.07) is 4.69. The number of alkyl halides is 1. The van der Waals surface area contributed by atoms with E-state index >= 15 is 0 Å². The van der Waals surface area contributed by atoms with Crippen LogP contribution >= 0.6 is 11.6 Å². The van der Waals surface area contributed by atoms with Crippen LogP contribution < -0.4 is 4.74 Å². The van der Waals surface area contributed by atoms with E-state index < -0.39 is 5.97 Å². The molecule has 0 saturated carbocycles. The smallest absolute Gasteiger partial charge is 0.337 e. The molecule has 1 N–H and O–H groups in total. The summed E-state index contributed by atoms with van der Waals surface area (Å²) in [7, 11) is 1.44. The largest absolute Gasteiger partial charge is 0.497 e. The SMILES string of the molecule is COc1cc(C#N)c(C(=O)O)c(CCl)c1. The van der Waals surface area contributed by atoms with Crippen LogP contribution in [0.2, 0.25) is 0 Å². The molecule has 0 amide bonds. The number of hydrogen-bond donors (Lipinski definition) is 1. The Kier molecular flexibility index (Phi) is 3.53. The number of carboxylic acids is 1. The molecule has 4 nitrogen and oxygen atoms in total. The zero-order valence-electron chi connectivity index (χ0n) is 7.95. The predicted molar refractivity (Wildman–Crippen MR) is 54.2 cm³/mol. The van der Waals surface area contributed by atoms with Gasteiger partial charge in [0.2, 0.25) is 0 Å². The van der Waals surface area contributed by atoms with E-state index in [2.05, 4.69) is 0 Å². The summed E-state index contributed by atoms with van der Waals surface area (Å²) in [5.41, 5.74) is 0.367. The Hall–Kier alpha value is -1.73. The van der Waals surface area contributed by atoms with E-state index in [1.165, 1.54) is 19.2 Å². The molecule has 0 aliphatic heterocycles. The number of methoxy groups -OCH3 is 1. The number of carbonyl (C=O) groups is 1. The molecule has 0 heterocycles. The van der Waals surface area contributed by atoms with Crippen LogP contribution in [0.25, 0.3) is 0 Å². The highest BCUT2D eigenvalue weighted by atomic mass is 35.5. The number of nitrogens with zero attached hydrogens (tertiary/aromatic N) is 1. The minimum absolute atomic E-state index is 0.0213. The van der Waals surface area contributed by atoms with Crippen molar-refractivity contribution >= 4 is 17.6 Å². The van der Waals surface area contributed by atoms with Gasteiger partial charge in [-0.25, -0.2) is 4.79 Å². The Morgan fingerprint density at radius 2 is 2.33 bits per heavy atom. The van der Waals surface area contributed by atoms with Crippen molar-refractivity contribution < 1.29 is 14.6 Å². The van der Waals surface area contributed by atoms with Crippen molar-refractivity contribution in [3.8, 4) is 11.8 Å². The molecule has 1 aromatic rings. The number of hydrogen-bond acceptors (Lipinski definition) is 3. The quantitative estimate of drug-likeness (QED) is 0.799. The van der Waals surface area contributed by atoms with Gasteiger partial charge in [-0.1, -0.05) is 0 Å². The third-order valence-corrected chi connectivity index (χ3v) is 2.20. The van der Waals surface area contributed by atoms with Crippen LogP contribution in [-0.2, 0) is 5.88 Å². The van der Waals surface area contributed by atoms with Gasteiger partial charge >= 0.3 is 5.97 Å². The number of rotatable bonds is 3. The monoisotopic (exact) mass is 225 g/mol. The molecular formula is C10H8ClNO3. The van der Waals surface area contributed by atoms with E-state index in [1.54, 1.807) is 6.07 Å². The fourth-order valence-corrected chi connectivity index (χ4v) is 1.45. The Bertz CT molecular complexity index is 437. The molecule has 78 valence electrons. The molecule has 0 radical (unpaired) electrons. The normalized spacial score (nSPS) is 9.40. The van der Waals surface area contributed by atoms with Gasteiger partial charge in [-0.05, 0) is 17.7 Å². The molecule has 0 fully saturated rings. The first kappa shape index (κ1) is 11.3. The topological polar surface area (TPSA) is 70.3 Å². The summed E-state index contributed by atoms with van der Waals surface area (Å²) in [6.45, 7) is 0. The highest BCUT2D eigenvalue weighted by molar-refractivity contribution is 6.17. The zero-order valence-corrected chi connectivity index (χ0v) is 8.71. The van der Waals surface area contributed by atoms with Gasteiger partial charge in [0.15, 0.2) is 0 Å². The molecule has 1 aromatic carbocycles. The van der Waals surface area contributed by atoms with E-state index in [0.29, 0.717) is 11.3 Å². The van der Waals surface area contributed by atoms with E-state index in [9.17, 15) is 4.79 Å². The van der Waals surface area contributed by atoms with Gasteiger partial charge in [0.1, 0.15) is 11.8 Å². The predicted octanol–water partition coefficient (Wildman–Crippen LogP) is 2.00. The third kappa shape index (κ3) is 2.20. The molecule has 0 unspecified atom stereocenters. The van der Waals surface area contributed by atoms with Crippen molar-refractivity contribution in [2.24, 2.45) is 0 Å². The van der Waals surface area contributed by atoms with Crippen LogP contribution in [0.15, 0.2) is 12.1 Å². The Morgan fingerprint density at radius 3 is 2.73 bits per heavy atom. The Balaban J connectivity index is 3.48. The van der Waals surface area contributed by atoms with E-state index in [4.69, 9.17) is 26.7 Å². The van der Waals surface area contributed by atoms with Crippen LogP contribution in [-0.4, -0.2) is 18.2 Å². The number of halogens is 1. The molecule has 5 heteroatoms. The fraction of sp³-hybridized carbons (Fsp3) is 0.200. The zero-order chi connectivity index (χ0) is 11.4. The second-order valence-corrected chi connectivity index (χ2v) is 3.03. The lowest BCUT2D eigenvalue weighted by Crippen LogP contribution is -2.05. The van der Waals surface area contributed by atoms with Gasteiger partial charge in [0, 0.05) is 5.88 Å². The second-order valence-electron chi connectivity index (χ2n) is 2.76. The highest BCUT2D eigenvalue weighted by Crippen LogP contribution is 2.23. The summed E-state index contributed by atoms with van der Waals surface area (Å²) < 4.78 is 4.93. The molecule has 0 spiro atoms. The van der Waals surface area contributed by atoms with E-state index in [-0.39, 0.29) is 17.0 Å². The lowest BCUT2D eigenvalue weighted by molar-refractivity contribution is 0.0695. The summed E-state index contributed by atoms with van der Waals surface area (Å²) in [6.07, 6.45) is 0. The van der Waals surface area contributed by atoms with Crippen molar-refractivity contribution in [2.45, 2.75) is 5.88 Å². The molecule has 0 saturated heterocycles. The van der Waals surface area contributed by atoms with Gasteiger partial charge in [-0.2, -0.15) is 5.26 Å². The minimum atomic E-state index is -1.16. The highest BCUT2D eigenvalue weighted by Gasteiger charge is 2.16. The van der Waals surface area contributed by atoms with Gasteiger partial charge in [-0.15, -0.1) is 11.6 Å². The van der Waals surface area contributed by atoms with Crippen molar-refractivity contribution in [3.05, 3.63) is 28.8 Å². The molecule has 0 aliphatic rings. The van der Waals surface area contributed by atoms with Crippen LogP contribution in [0.1, 0.15) is 21.5 Å². The molecule has 1 rings (SSSR count). The number of nitriles is 1.